The summed E-state index contributed by atoms with van der Waals surface area (Å²) in [6.07, 6.45) is -2.29. The molecule has 2 aliphatic rings. The number of anilines is 1. The van der Waals surface area contributed by atoms with Gasteiger partial charge in [0, 0.05) is 17.2 Å². The fraction of sp³-hybridized carbons (Fsp3) is 0.238. The number of carbonyl (C=O) groups excluding carboxylic acids is 2. The van der Waals surface area contributed by atoms with Crippen LogP contribution in [-0.2, 0) is 9.59 Å². The lowest BCUT2D eigenvalue weighted by atomic mass is 9.93. The largest absolute Gasteiger partial charge is 0.573 e. The molecule has 0 saturated heterocycles. The molecule has 7 nitrogen and oxygen atoms in total. The highest BCUT2D eigenvalue weighted by molar-refractivity contribution is 6.33. The van der Waals surface area contributed by atoms with Crippen molar-refractivity contribution in [2.24, 2.45) is 0 Å². The lowest BCUT2D eigenvalue weighted by molar-refractivity contribution is -0.274. The molecular weight excluding hydrogens is 432 g/mol. The van der Waals surface area contributed by atoms with Crippen molar-refractivity contribution in [1.82, 2.24) is 15.0 Å². The highest BCUT2D eigenvalue weighted by Gasteiger charge is 2.41. The van der Waals surface area contributed by atoms with Crippen molar-refractivity contribution in [1.29, 1.82) is 0 Å². The van der Waals surface area contributed by atoms with Crippen LogP contribution in [0.3, 0.4) is 0 Å². The molecule has 2 aromatic carbocycles. The maximum atomic E-state index is 14.9. The fourth-order valence-corrected chi connectivity index (χ4v) is 4.04. The predicted molar refractivity (Wildman–Crippen MR) is 103 cm³/mol. The summed E-state index contributed by atoms with van der Waals surface area (Å²) in [5.74, 6) is -2.28. The first kappa shape index (κ1) is 20.2. The highest BCUT2D eigenvalue weighted by Crippen LogP contribution is 2.37. The molecule has 0 N–H and O–H groups in total. The van der Waals surface area contributed by atoms with Crippen molar-refractivity contribution >= 4 is 28.5 Å². The molecule has 5 rings (SSSR count). The number of aromatic nitrogens is 3. The SMILES string of the molecule is O=C1C2=C(CCCC2)C(=O)N1c1cc2c(cc1F)nnn2-c1ccc(OC(F)(F)F)cc1. The summed E-state index contributed by atoms with van der Waals surface area (Å²) in [5, 5.41) is 7.81. The number of nitrogens with zero attached hydrogens (tertiary/aromatic N) is 4. The number of hydrogen-bond acceptors (Lipinski definition) is 5. The Hall–Kier alpha value is -3.76. The molecule has 1 aliphatic heterocycles. The molecule has 2 heterocycles. The third-order valence-electron chi connectivity index (χ3n) is 5.46. The van der Waals surface area contributed by atoms with Gasteiger partial charge in [0.2, 0.25) is 0 Å². The average Bonchev–Trinajstić information content (AvgIpc) is 3.26. The van der Waals surface area contributed by atoms with Gasteiger partial charge in [-0.2, -0.15) is 0 Å². The van der Waals surface area contributed by atoms with E-state index in [9.17, 15) is 27.2 Å². The topological polar surface area (TPSA) is 77.3 Å². The molecule has 0 bridgehead atoms. The van der Waals surface area contributed by atoms with Gasteiger partial charge in [-0.15, -0.1) is 18.3 Å². The number of rotatable bonds is 3. The molecule has 32 heavy (non-hydrogen) atoms. The number of fused-ring (bicyclic) bond motifs is 1. The molecule has 0 spiro atoms. The van der Waals surface area contributed by atoms with Crippen LogP contribution in [0.2, 0.25) is 0 Å². The van der Waals surface area contributed by atoms with Crippen LogP contribution in [0.1, 0.15) is 25.7 Å². The van der Waals surface area contributed by atoms with Crippen molar-refractivity contribution in [2.75, 3.05) is 4.90 Å². The molecule has 2 amide bonds. The molecule has 0 fully saturated rings. The average molecular weight is 446 g/mol. The van der Waals surface area contributed by atoms with Gasteiger partial charge in [0.15, 0.2) is 0 Å². The van der Waals surface area contributed by atoms with Gasteiger partial charge in [-0.05, 0) is 56.0 Å². The van der Waals surface area contributed by atoms with Gasteiger partial charge < -0.3 is 4.74 Å². The molecular formula is C21H14F4N4O3. The first-order valence-corrected chi connectivity index (χ1v) is 9.75. The summed E-state index contributed by atoms with van der Waals surface area (Å²) in [4.78, 5) is 26.5. The minimum atomic E-state index is -4.82. The van der Waals surface area contributed by atoms with E-state index < -0.39 is 29.7 Å². The van der Waals surface area contributed by atoms with Crippen LogP contribution in [0.15, 0.2) is 47.5 Å². The minimum Gasteiger partial charge on any atom is -0.406 e. The van der Waals surface area contributed by atoms with Crippen LogP contribution in [0.25, 0.3) is 16.7 Å². The first-order chi connectivity index (χ1) is 15.2. The third kappa shape index (κ3) is 3.29. The Bertz CT molecular complexity index is 1270. The Balaban J connectivity index is 1.54. The second-order valence-electron chi connectivity index (χ2n) is 7.45. The Kier molecular flexibility index (Phi) is 4.50. The van der Waals surface area contributed by atoms with Gasteiger partial charge in [-0.1, -0.05) is 5.21 Å². The number of amides is 2. The molecule has 1 aliphatic carbocycles. The van der Waals surface area contributed by atoms with E-state index in [1.807, 2.05) is 0 Å². The van der Waals surface area contributed by atoms with E-state index in [0.717, 1.165) is 35.9 Å². The minimum absolute atomic E-state index is 0.152. The number of imide groups is 1. The summed E-state index contributed by atoms with van der Waals surface area (Å²) in [5.41, 5.74) is 1.38. The molecule has 0 saturated carbocycles. The zero-order valence-electron chi connectivity index (χ0n) is 16.3. The standard InChI is InChI=1S/C21H14F4N4O3/c22-15-9-16-18(10-17(15)28-19(30)13-3-1-2-4-14(13)20(28)31)29(27-26-16)11-5-7-12(8-6-11)32-21(23,24)25/h5-10H,1-4H2. The molecule has 0 atom stereocenters. The normalized spacial score (nSPS) is 16.8. The van der Waals surface area contributed by atoms with Crippen molar-refractivity contribution in [3.05, 3.63) is 53.4 Å². The molecule has 1 aromatic heterocycles. The number of halogens is 4. The van der Waals surface area contributed by atoms with Crippen molar-refractivity contribution < 1.29 is 31.9 Å². The lowest BCUT2D eigenvalue weighted by Crippen LogP contribution is -2.32. The van der Waals surface area contributed by atoms with Crippen LogP contribution in [-0.4, -0.2) is 33.2 Å². The second kappa shape index (κ2) is 7.14. The van der Waals surface area contributed by atoms with E-state index in [2.05, 4.69) is 15.0 Å². The number of ether oxygens (including phenoxy) is 1. The summed E-state index contributed by atoms with van der Waals surface area (Å²) >= 11 is 0. The van der Waals surface area contributed by atoms with Gasteiger partial charge in [0.25, 0.3) is 11.8 Å². The predicted octanol–water partition coefficient (Wildman–Crippen LogP) is 4.20. The van der Waals surface area contributed by atoms with E-state index in [4.69, 9.17) is 0 Å². The summed E-state index contributed by atoms with van der Waals surface area (Å²) in [6.45, 7) is 0. The summed E-state index contributed by atoms with van der Waals surface area (Å²) in [7, 11) is 0. The fourth-order valence-electron chi connectivity index (χ4n) is 4.04. The Morgan fingerprint density at radius 2 is 1.56 bits per heavy atom. The van der Waals surface area contributed by atoms with Gasteiger partial charge >= 0.3 is 6.36 Å². The van der Waals surface area contributed by atoms with Gasteiger partial charge in [-0.25, -0.2) is 14.0 Å². The van der Waals surface area contributed by atoms with E-state index >= 15 is 0 Å². The summed E-state index contributed by atoms with van der Waals surface area (Å²) < 4.78 is 57.1. The van der Waals surface area contributed by atoms with Crippen molar-refractivity contribution in [3.8, 4) is 11.4 Å². The lowest BCUT2D eigenvalue weighted by Gasteiger charge is -2.16. The van der Waals surface area contributed by atoms with Crippen molar-refractivity contribution in [2.45, 2.75) is 32.0 Å². The van der Waals surface area contributed by atoms with Crippen LogP contribution < -0.4 is 9.64 Å². The van der Waals surface area contributed by atoms with Gasteiger partial charge in [-0.3, -0.25) is 9.59 Å². The zero-order valence-corrected chi connectivity index (χ0v) is 16.3. The van der Waals surface area contributed by atoms with E-state index in [1.54, 1.807) is 0 Å². The zero-order chi connectivity index (χ0) is 22.6. The molecule has 0 unspecified atom stereocenters. The van der Waals surface area contributed by atoms with Crippen LogP contribution in [0.5, 0.6) is 5.75 Å². The number of hydrogen-bond donors (Lipinski definition) is 0. The van der Waals surface area contributed by atoms with Crippen LogP contribution in [0, 0.1) is 5.82 Å². The van der Waals surface area contributed by atoms with E-state index in [0.29, 0.717) is 29.7 Å². The van der Waals surface area contributed by atoms with Crippen LogP contribution >= 0.6 is 0 Å². The maximum absolute atomic E-state index is 14.9. The first-order valence-electron chi connectivity index (χ1n) is 9.75. The van der Waals surface area contributed by atoms with Gasteiger partial charge in [0.05, 0.1) is 16.9 Å². The molecule has 11 heteroatoms. The molecule has 164 valence electrons. The molecule has 3 aromatic rings. The van der Waals surface area contributed by atoms with E-state index in [-0.39, 0.29) is 16.7 Å². The van der Waals surface area contributed by atoms with Crippen molar-refractivity contribution in [3.63, 3.8) is 0 Å². The number of benzene rings is 2. The quantitative estimate of drug-likeness (QED) is 0.445. The highest BCUT2D eigenvalue weighted by atomic mass is 19.4. The summed E-state index contributed by atoms with van der Waals surface area (Å²) in [6, 6.07) is 7.21. The Morgan fingerprint density at radius 3 is 2.16 bits per heavy atom. The number of carbonyl (C=O) groups is 2. The smallest absolute Gasteiger partial charge is 0.406 e. The molecule has 0 radical (unpaired) electrons. The number of alkyl halides is 3. The maximum Gasteiger partial charge on any atom is 0.573 e. The van der Waals surface area contributed by atoms with Crippen LogP contribution in [0.4, 0.5) is 23.2 Å². The Labute approximate surface area is 177 Å². The Morgan fingerprint density at radius 1 is 0.938 bits per heavy atom. The van der Waals surface area contributed by atoms with E-state index in [1.165, 1.54) is 22.9 Å². The van der Waals surface area contributed by atoms with Gasteiger partial charge in [0.1, 0.15) is 17.1 Å². The monoisotopic (exact) mass is 446 g/mol. The second-order valence-corrected chi connectivity index (χ2v) is 7.45. The third-order valence-corrected chi connectivity index (χ3v) is 5.46.